The van der Waals surface area contributed by atoms with Crippen molar-refractivity contribution in [1.82, 2.24) is 5.32 Å². The second kappa shape index (κ2) is 7.00. The molecular formula is C14H21FN2O3S. The number of hydrogen-bond donors (Lipinski definition) is 2. The predicted octanol–water partition coefficient (Wildman–Crippen LogP) is 2.09. The lowest BCUT2D eigenvalue weighted by molar-refractivity contribution is 0.0932. The number of rotatable bonds is 6. The zero-order chi connectivity index (χ0) is 16.2. The fourth-order valence-corrected chi connectivity index (χ4v) is 2.99. The average molecular weight is 316 g/mol. The molecular weight excluding hydrogens is 295 g/mol. The molecule has 0 saturated heterocycles. The number of carbonyl (C=O) groups excluding carboxylic acids is 1. The summed E-state index contributed by atoms with van der Waals surface area (Å²) in [6.45, 7) is 5.38. The molecule has 5 nitrogen and oxygen atoms in total. The van der Waals surface area contributed by atoms with Gasteiger partial charge < -0.3 is 5.32 Å². The number of sulfonamides is 1. The second-order valence-corrected chi connectivity index (χ2v) is 6.52. The lowest BCUT2D eigenvalue weighted by atomic mass is 10.1. The smallest absolute Gasteiger partial charge is 0.251 e. The minimum Gasteiger partial charge on any atom is -0.349 e. The molecule has 7 heteroatoms. The third kappa shape index (κ3) is 4.50. The maximum absolute atomic E-state index is 13.6. The van der Waals surface area contributed by atoms with Gasteiger partial charge in [0.15, 0.2) is 0 Å². The van der Waals surface area contributed by atoms with Crippen molar-refractivity contribution in [3.8, 4) is 0 Å². The van der Waals surface area contributed by atoms with Gasteiger partial charge in [0.05, 0.1) is 4.90 Å². The van der Waals surface area contributed by atoms with Crippen molar-refractivity contribution in [2.24, 2.45) is 5.14 Å². The summed E-state index contributed by atoms with van der Waals surface area (Å²) >= 11 is 0. The van der Waals surface area contributed by atoms with E-state index < -0.39 is 21.7 Å². The summed E-state index contributed by atoms with van der Waals surface area (Å²) in [5, 5.41) is 7.83. The van der Waals surface area contributed by atoms with Gasteiger partial charge in [-0.1, -0.05) is 20.3 Å². The minimum absolute atomic E-state index is 0.00595. The van der Waals surface area contributed by atoms with Crippen LogP contribution < -0.4 is 10.5 Å². The summed E-state index contributed by atoms with van der Waals surface area (Å²) in [5.41, 5.74) is 0.149. The van der Waals surface area contributed by atoms with Crippen LogP contribution in [0.3, 0.4) is 0 Å². The van der Waals surface area contributed by atoms with Gasteiger partial charge in [-0.2, -0.15) is 0 Å². The molecule has 1 amide bonds. The molecule has 0 spiro atoms. The van der Waals surface area contributed by atoms with Crippen molar-refractivity contribution in [2.75, 3.05) is 0 Å². The van der Waals surface area contributed by atoms with Crippen LogP contribution in [0.1, 0.15) is 49.0 Å². The third-order valence-electron chi connectivity index (χ3n) is 3.34. The lowest BCUT2D eigenvalue weighted by Gasteiger charge is -2.17. The SMILES string of the molecule is CCCC(CC)NC(=O)c1cc(F)cc(S(N)(=O)=O)c1C. The van der Waals surface area contributed by atoms with E-state index >= 15 is 0 Å². The molecule has 1 atom stereocenters. The van der Waals surface area contributed by atoms with Gasteiger partial charge in [-0.25, -0.2) is 17.9 Å². The fourth-order valence-electron chi connectivity index (χ4n) is 2.18. The van der Waals surface area contributed by atoms with E-state index in [0.717, 1.165) is 31.4 Å². The number of nitrogens with two attached hydrogens (primary N) is 1. The maximum atomic E-state index is 13.6. The number of primary sulfonamides is 1. The van der Waals surface area contributed by atoms with Crippen LogP contribution in [0.2, 0.25) is 0 Å². The molecule has 0 bridgehead atoms. The van der Waals surface area contributed by atoms with Crippen LogP contribution >= 0.6 is 0 Å². The lowest BCUT2D eigenvalue weighted by Crippen LogP contribution is -2.35. The first-order chi connectivity index (χ1) is 9.70. The quantitative estimate of drug-likeness (QED) is 0.842. The Morgan fingerprint density at radius 1 is 1.38 bits per heavy atom. The second-order valence-electron chi connectivity index (χ2n) is 4.99. The molecule has 1 unspecified atom stereocenters. The number of nitrogens with one attached hydrogen (secondary N) is 1. The normalized spacial score (nSPS) is 13.0. The number of hydrogen-bond acceptors (Lipinski definition) is 3. The van der Waals surface area contributed by atoms with Crippen molar-refractivity contribution in [1.29, 1.82) is 0 Å². The van der Waals surface area contributed by atoms with Gasteiger partial charge in [-0.05, 0) is 37.5 Å². The van der Waals surface area contributed by atoms with Gasteiger partial charge in [-0.3, -0.25) is 4.79 Å². The van der Waals surface area contributed by atoms with Crippen molar-refractivity contribution < 1.29 is 17.6 Å². The summed E-state index contributed by atoms with van der Waals surface area (Å²) in [6, 6.07) is 1.83. The zero-order valence-corrected chi connectivity index (χ0v) is 13.3. The van der Waals surface area contributed by atoms with Crippen LogP contribution in [0.4, 0.5) is 4.39 Å². The van der Waals surface area contributed by atoms with Crippen LogP contribution in [0, 0.1) is 12.7 Å². The van der Waals surface area contributed by atoms with Gasteiger partial charge in [0.25, 0.3) is 5.91 Å². The number of carbonyl (C=O) groups is 1. The van der Waals surface area contributed by atoms with Gasteiger partial charge in [0, 0.05) is 11.6 Å². The maximum Gasteiger partial charge on any atom is 0.251 e. The Labute approximate surface area is 124 Å². The molecule has 0 fully saturated rings. The summed E-state index contributed by atoms with van der Waals surface area (Å²) in [6.07, 6.45) is 2.46. The Morgan fingerprint density at radius 3 is 2.48 bits per heavy atom. The predicted molar refractivity (Wildman–Crippen MR) is 79.0 cm³/mol. The Bertz CT molecular complexity index is 629. The largest absolute Gasteiger partial charge is 0.349 e. The molecule has 1 aromatic rings. The van der Waals surface area contributed by atoms with E-state index in [9.17, 15) is 17.6 Å². The van der Waals surface area contributed by atoms with E-state index in [1.807, 2.05) is 13.8 Å². The zero-order valence-electron chi connectivity index (χ0n) is 12.4. The highest BCUT2D eigenvalue weighted by molar-refractivity contribution is 7.89. The van der Waals surface area contributed by atoms with E-state index in [0.29, 0.717) is 0 Å². The highest BCUT2D eigenvalue weighted by Crippen LogP contribution is 2.20. The van der Waals surface area contributed by atoms with Gasteiger partial charge in [0.1, 0.15) is 5.82 Å². The Balaban J connectivity index is 3.19. The molecule has 0 aliphatic carbocycles. The number of benzene rings is 1. The Kier molecular flexibility index (Phi) is 5.86. The van der Waals surface area contributed by atoms with E-state index in [1.54, 1.807) is 0 Å². The first-order valence-electron chi connectivity index (χ1n) is 6.84. The van der Waals surface area contributed by atoms with Gasteiger partial charge in [-0.15, -0.1) is 0 Å². The van der Waals surface area contributed by atoms with Crippen molar-refractivity contribution in [3.63, 3.8) is 0 Å². The molecule has 3 N–H and O–H groups in total. The first kappa shape index (κ1) is 17.6. The Morgan fingerprint density at radius 2 is 2.00 bits per heavy atom. The summed E-state index contributed by atoms with van der Waals surface area (Å²) in [4.78, 5) is 11.9. The molecule has 0 aromatic heterocycles. The molecule has 1 rings (SSSR count). The van der Waals surface area contributed by atoms with Gasteiger partial charge in [0.2, 0.25) is 10.0 Å². The molecule has 21 heavy (non-hydrogen) atoms. The summed E-state index contributed by atoms with van der Waals surface area (Å²) in [7, 11) is -4.08. The van der Waals surface area contributed by atoms with Crippen LogP contribution in [-0.2, 0) is 10.0 Å². The minimum atomic E-state index is -4.08. The van der Waals surface area contributed by atoms with E-state index in [-0.39, 0.29) is 22.1 Å². The number of amides is 1. The highest BCUT2D eigenvalue weighted by Gasteiger charge is 2.21. The highest BCUT2D eigenvalue weighted by atomic mass is 32.2. The van der Waals surface area contributed by atoms with E-state index in [4.69, 9.17) is 5.14 Å². The van der Waals surface area contributed by atoms with Crippen molar-refractivity contribution >= 4 is 15.9 Å². The average Bonchev–Trinajstić information content (AvgIpc) is 2.39. The third-order valence-corrected chi connectivity index (χ3v) is 4.38. The van der Waals surface area contributed by atoms with E-state index in [2.05, 4.69) is 5.32 Å². The molecule has 0 saturated carbocycles. The molecule has 0 aliphatic rings. The van der Waals surface area contributed by atoms with E-state index in [1.165, 1.54) is 6.92 Å². The van der Waals surface area contributed by atoms with Crippen molar-refractivity contribution in [3.05, 3.63) is 29.1 Å². The van der Waals surface area contributed by atoms with Crippen LogP contribution in [0.5, 0.6) is 0 Å². The standard InChI is InChI=1S/C14H21FN2O3S/c1-4-6-11(5-2)17-14(18)12-7-10(15)8-13(9(12)3)21(16,19)20/h7-8,11H,4-6H2,1-3H3,(H,17,18)(H2,16,19,20). The first-order valence-corrected chi connectivity index (χ1v) is 8.39. The topological polar surface area (TPSA) is 89.3 Å². The molecule has 0 heterocycles. The summed E-state index contributed by atoms with van der Waals surface area (Å²) in [5.74, 6) is -1.30. The molecule has 0 aliphatic heterocycles. The Hall–Kier alpha value is -1.47. The van der Waals surface area contributed by atoms with Crippen LogP contribution in [0.15, 0.2) is 17.0 Å². The molecule has 118 valence electrons. The van der Waals surface area contributed by atoms with Crippen LogP contribution in [0.25, 0.3) is 0 Å². The van der Waals surface area contributed by atoms with Gasteiger partial charge >= 0.3 is 0 Å². The molecule has 1 aromatic carbocycles. The molecule has 0 radical (unpaired) electrons. The van der Waals surface area contributed by atoms with Crippen molar-refractivity contribution in [2.45, 2.75) is 51.0 Å². The number of halogens is 1. The fraction of sp³-hybridized carbons (Fsp3) is 0.500. The summed E-state index contributed by atoms with van der Waals surface area (Å²) < 4.78 is 36.4. The monoisotopic (exact) mass is 316 g/mol. The van der Waals surface area contributed by atoms with Crippen LogP contribution in [-0.4, -0.2) is 20.4 Å².